The van der Waals surface area contributed by atoms with Gasteiger partial charge in [-0.05, 0) is 42.7 Å². The van der Waals surface area contributed by atoms with Gasteiger partial charge in [0, 0.05) is 25.3 Å². The van der Waals surface area contributed by atoms with E-state index in [1.807, 2.05) is 24.3 Å². The lowest BCUT2D eigenvalue weighted by Gasteiger charge is -2.27. The van der Waals surface area contributed by atoms with Crippen LogP contribution < -0.4 is 4.74 Å². The minimum absolute atomic E-state index is 0.122. The lowest BCUT2D eigenvalue weighted by Crippen LogP contribution is -2.38. The molecule has 2 aliphatic heterocycles. The van der Waals surface area contributed by atoms with Gasteiger partial charge in [0.2, 0.25) is 0 Å². The van der Waals surface area contributed by atoms with Crippen molar-refractivity contribution in [3.8, 4) is 5.75 Å². The lowest BCUT2D eigenvalue weighted by atomic mass is 10.2. The zero-order valence-corrected chi connectivity index (χ0v) is 17.9. The largest absolute Gasteiger partial charge is 0.497 e. The van der Waals surface area contributed by atoms with E-state index < -0.39 is 16.0 Å². The fraction of sp³-hybridized carbons (Fsp3) is 0.381. The summed E-state index contributed by atoms with van der Waals surface area (Å²) in [6.45, 7) is 0.292. The van der Waals surface area contributed by atoms with Gasteiger partial charge in [-0.1, -0.05) is 12.1 Å². The van der Waals surface area contributed by atoms with E-state index in [4.69, 9.17) is 9.47 Å². The first-order valence-corrected chi connectivity index (χ1v) is 11.5. The van der Waals surface area contributed by atoms with Gasteiger partial charge < -0.3 is 19.3 Å². The van der Waals surface area contributed by atoms with Crippen molar-refractivity contribution < 1.29 is 27.5 Å². The number of carbonyl (C=O) groups is 2. The molecular weight excluding hydrogens is 422 g/mol. The highest BCUT2D eigenvalue weighted by atomic mass is 32.2. The van der Waals surface area contributed by atoms with Crippen LogP contribution in [0, 0.1) is 0 Å². The fourth-order valence-electron chi connectivity index (χ4n) is 3.35. The Labute approximate surface area is 180 Å². The number of methoxy groups -OCH3 is 1. The highest BCUT2D eigenvalue weighted by molar-refractivity contribution is 7.90. The van der Waals surface area contributed by atoms with Crippen molar-refractivity contribution in [1.29, 1.82) is 0 Å². The minimum Gasteiger partial charge on any atom is -0.497 e. The van der Waals surface area contributed by atoms with Crippen molar-refractivity contribution in [2.75, 3.05) is 26.0 Å². The van der Waals surface area contributed by atoms with Crippen molar-refractivity contribution in [3.05, 3.63) is 53.8 Å². The topological polar surface area (TPSA) is 106 Å². The molecule has 0 N–H and O–H groups in total. The van der Waals surface area contributed by atoms with E-state index in [1.165, 1.54) is 18.4 Å². The highest BCUT2D eigenvalue weighted by Crippen LogP contribution is 2.29. The summed E-state index contributed by atoms with van der Waals surface area (Å²) in [7, 11) is -1.86. The van der Waals surface area contributed by atoms with E-state index in [0.717, 1.165) is 24.2 Å². The van der Waals surface area contributed by atoms with Crippen molar-refractivity contribution >= 4 is 27.7 Å². The summed E-state index contributed by atoms with van der Waals surface area (Å²) in [5.41, 5.74) is 1.20. The Morgan fingerprint density at radius 2 is 1.94 bits per heavy atom. The standard InChI is InChI=1S/C21H23N3O6S/c1-29-18-7-2-15(3-8-18)12-24(17-5-6-17)20(25)14-30-21(26)16-4-9-19-22-31(27,28)11-10-23(19)13-16/h2-4,7-9,13,17H,5-6,10-12,14H2,1H3. The number of esters is 1. The third-order valence-corrected chi connectivity index (χ3v) is 6.37. The molecule has 1 amide bonds. The predicted molar refractivity (Wildman–Crippen MR) is 113 cm³/mol. The number of nitrogens with zero attached hydrogens (tertiary/aromatic N) is 3. The van der Waals surface area contributed by atoms with Crippen molar-refractivity contribution in [1.82, 2.24) is 9.80 Å². The number of hydrogen-bond donors (Lipinski definition) is 0. The van der Waals surface area contributed by atoms with E-state index >= 15 is 0 Å². The number of ether oxygens (including phenoxy) is 2. The van der Waals surface area contributed by atoms with Crippen molar-refractivity contribution in [2.45, 2.75) is 25.4 Å². The minimum atomic E-state index is -3.46. The van der Waals surface area contributed by atoms with Crippen LogP contribution in [0.15, 0.2) is 52.6 Å². The zero-order chi connectivity index (χ0) is 22.0. The smallest absolute Gasteiger partial charge is 0.340 e. The summed E-state index contributed by atoms with van der Waals surface area (Å²) in [5, 5.41) is 0. The maximum Gasteiger partial charge on any atom is 0.340 e. The van der Waals surface area contributed by atoms with Crippen molar-refractivity contribution in [3.63, 3.8) is 0 Å². The molecule has 0 radical (unpaired) electrons. The second-order valence-electron chi connectivity index (χ2n) is 7.52. The lowest BCUT2D eigenvalue weighted by molar-refractivity contribution is -0.149. The number of rotatable bonds is 7. The molecule has 3 aliphatic rings. The highest BCUT2D eigenvalue weighted by Gasteiger charge is 2.33. The number of benzene rings is 1. The molecule has 9 nitrogen and oxygen atoms in total. The number of sulfonamides is 1. The zero-order valence-electron chi connectivity index (χ0n) is 17.1. The Bertz CT molecular complexity index is 1070. The summed E-state index contributed by atoms with van der Waals surface area (Å²) < 4.78 is 37.2. The average molecular weight is 445 g/mol. The van der Waals surface area contributed by atoms with Crippen LogP contribution >= 0.6 is 0 Å². The van der Waals surface area contributed by atoms with Gasteiger partial charge in [-0.15, -0.1) is 4.40 Å². The number of carbonyl (C=O) groups excluding carboxylic acids is 2. The first-order valence-electron chi connectivity index (χ1n) is 9.93. The Morgan fingerprint density at radius 3 is 2.61 bits per heavy atom. The van der Waals surface area contributed by atoms with Crippen LogP contribution in [0.3, 0.4) is 0 Å². The molecule has 2 heterocycles. The van der Waals surface area contributed by atoms with Crippen LogP contribution in [0.4, 0.5) is 0 Å². The molecular formula is C21H23N3O6S. The fourth-order valence-corrected chi connectivity index (χ4v) is 4.32. The van der Waals surface area contributed by atoms with Gasteiger partial charge in [-0.3, -0.25) is 4.79 Å². The first-order chi connectivity index (χ1) is 14.8. The number of amidine groups is 1. The van der Waals surface area contributed by atoms with Crippen LogP contribution in [0.5, 0.6) is 5.75 Å². The summed E-state index contributed by atoms with van der Waals surface area (Å²) >= 11 is 0. The molecule has 1 fully saturated rings. The van der Waals surface area contributed by atoms with E-state index in [9.17, 15) is 18.0 Å². The second-order valence-corrected chi connectivity index (χ2v) is 9.28. The van der Waals surface area contributed by atoms with Gasteiger partial charge in [0.1, 0.15) is 11.6 Å². The van der Waals surface area contributed by atoms with Gasteiger partial charge in [0.15, 0.2) is 6.61 Å². The molecule has 0 bridgehead atoms. The molecule has 0 aromatic heterocycles. The molecule has 0 atom stereocenters. The molecule has 0 unspecified atom stereocenters. The van der Waals surface area contributed by atoms with Crippen molar-refractivity contribution in [2.24, 2.45) is 4.40 Å². The van der Waals surface area contributed by atoms with E-state index in [2.05, 4.69) is 4.40 Å². The number of hydrogen-bond acceptors (Lipinski definition) is 7. The van der Waals surface area contributed by atoms with E-state index in [0.29, 0.717) is 6.54 Å². The number of amides is 1. The maximum atomic E-state index is 12.7. The normalized spacial score (nSPS) is 19.1. The van der Waals surface area contributed by atoms with Crippen LogP contribution in [-0.4, -0.2) is 68.0 Å². The quantitative estimate of drug-likeness (QED) is 0.581. The van der Waals surface area contributed by atoms with E-state index in [-0.39, 0.29) is 42.3 Å². The van der Waals surface area contributed by atoms with E-state index in [1.54, 1.807) is 16.9 Å². The number of fused-ring (bicyclic) bond motifs is 1. The average Bonchev–Trinajstić information content (AvgIpc) is 3.60. The summed E-state index contributed by atoms with van der Waals surface area (Å²) in [6.07, 6.45) is 6.26. The van der Waals surface area contributed by atoms with Crippen LogP contribution in [-0.2, 0) is 30.9 Å². The van der Waals surface area contributed by atoms with Crippen LogP contribution in [0.2, 0.25) is 0 Å². The molecule has 164 valence electrons. The Morgan fingerprint density at radius 1 is 1.19 bits per heavy atom. The molecule has 0 spiro atoms. The predicted octanol–water partition coefficient (Wildman–Crippen LogP) is 1.23. The summed E-state index contributed by atoms with van der Waals surface area (Å²) in [6, 6.07) is 7.66. The molecule has 1 aromatic carbocycles. The van der Waals surface area contributed by atoms with Gasteiger partial charge in [-0.25, -0.2) is 13.2 Å². The SMILES string of the molecule is COc1ccc(CN(C(=O)COC(=O)C2=CN3CCS(=O)(=O)N=C3C=C2)C2CC2)cc1. The van der Waals surface area contributed by atoms with Gasteiger partial charge in [0.05, 0.1) is 18.4 Å². The monoisotopic (exact) mass is 445 g/mol. The molecule has 1 aliphatic carbocycles. The molecule has 10 heteroatoms. The van der Waals surface area contributed by atoms with Crippen LogP contribution in [0.1, 0.15) is 18.4 Å². The molecule has 0 saturated heterocycles. The first kappa shape index (κ1) is 21.1. The Kier molecular flexibility index (Phi) is 5.81. The Balaban J connectivity index is 1.35. The van der Waals surface area contributed by atoms with Gasteiger partial charge >= 0.3 is 5.97 Å². The molecule has 31 heavy (non-hydrogen) atoms. The third kappa shape index (κ3) is 5.13. The maximum absolute atomic E-state index is 12.7. The van der Waals surface area contributed by atoms with Gasteiger partial charge in [0.25, 0.3) is 15.9 Å². The molecule has 1 aromatic rings. The second kappa shape index (κ2) is 8.54. The molecule has 4 rings (SSSR count). The third-order valence-electron chi connectivity index (χ3n) is 5.21. The summed E-state index contributed by atoms with van der Waals surface area (Å²) in [5.74, 6) is -0.00664. The molecule has 1 saturated carbocycles. The summed E-state index contributed by atoms with van der Waals surface area (Å²) in [4.78, 5) is 28.5. The van der Waals surface area contributed by atoms with Crippen LogP contribution in [0.25, 0.3) is 0 Å². The Hall–Kier alpha value is -3.14. The van der Waals surface area contributed by atoms with Gasteiger partial charge in [-0.2, -0.15) is 0 Å².